The molecular formula is C35H37N3O3. The summed E-state index contributed by atoms with van der Waals surface area (Å²) in [6.45, 7) is 11.2. The molecule has 4 aliphatic heterocycles. The smallest absolute Gasteiger partial charge is 0.258 e. The van der Waals surface area contributed by atoms with Gasteiger partial charge in [-0.25, -0.2) is 0 Å². The zero-order chi connectivity index (χ0) is 28.1. The number of hydrogen-bond donors (Lipinski definition) is 0. The number of piperidine rings is 1. The second-order valence-electron chi connectivity index (χ2n) is 12.1. The number of rotatable bonds is 5. The number of aryl methyl sites for hydroxylation is 1. The Hall–Kier alpha value is -3.90. The molecule has 4 aliphatic rings. The number of nitrogens with zero attached hydrogens (tertiary/aromatic N) is 3. The number of ether oxygens (including phenoxy) is 1. The van der Waals surface area contributed by atoms with Crippen LogP contribution in [0.1, 0.15) is 52.7 Å². The van der Waals surface area contributed by atoms with Crippen LogP contribution in [0.2, 0.25) is 0 Å². The van der Waals surface area contributed by atoms with Crippen molar-refractivity contribution in [2.45, 2.75) is 44.4 Å². The minimum atomic E-state index is 0.0382. The molecule has 0 N–H and O–H groups in total. The van der Waals surface area contributed by atoms with E-state index in [0.717, 1.165) is 92.3 Å². The highest BCUT2D eigenvalue weighted by Gasteiger charge is 2.44. The van der Waals surface area contributed by atoms with Crippen LogP contribution >= 0.6 is 0 Å². The lowest BCUT2D eigenvalue weighted by Gasteiger charge is -2.38. The fourth-order valence-electron chi connectivity index (χ4n) is 7.22. The van der Waals surface area contributed by atoms with Crippen LogP contribution in [-0.2, 0) is 16.6 Å². The van der Waals surface area contributed by atoms with Crippen LogP contribution in [-0.4, -0.2) is 56.0 Å². The molecule has 0 atom stereocenters. The summed E-state index contributed by atoms with van der Waals surface area (Å²) < 4.78 is 6.24. The van der Waals surface area contributed by atoms with E-state index in [1.807, 2.05) is 46.2 Å². The molecule has 3 aromatic carbocycles. The molecule has 7 rings (SSSR count). The van der Waals surface area contributed by atoms with Crippen molar-refractivity contribution in [2.75, 3.05) is 49.1 Å². The first-order valence-corrected chi connectivity index (χ1v) is 14.9. The van der Waals surface area contributed by atoms with Gasteiger partial charge in [0.1, 0.15) is 5.75 Å². The summed E-state index contributed by atoms with van der Waals surface area (Å²) in [4.78, 5) is 32.2. The summed E-state index contributed by atoms with van der Waals surface area (Å²) in [5.74, 6) is 1.25. The molecule has 2 amide bonds. The summed E-state index contributed by atoms with van der Waals surface area (Å²) >= 11 is 0. The zero-order valence-electron chi connectivity index (χ0n) is 23.8. The molecule has 2 saturated heterocycles. The highest BCUT2D eigenvalue weighted by Crippen LogP contribution is 2.49. The van der Waals surface area contributed by atoms with Crippen LogP contribution in [0.25, 0.3) is 11.1 Å². The van der Waals surface area contributed by atoms with E-state index in [-0.39, 0.29) is 17.2 Å². The number of amides is 2. The number of benzene rings is 3. The fourth-order valence-corrected chi connectivity index (χ4v) is 7.22. The number of likely N-dealkylation sites (tertiary alicyclic amines) is 1. The average molecular weight is 548 g/mol. The molecule has 210 valence electrons. The monoisotopic (exact) mass is 547 g/mol. The van der Waals surface area contributed by atoms with Gasteiger partial charge in [-0.05, 0) is 104 Å². The van der Waals surface area contributed by atoms with Crippen molar-refractivity contribution in [3.8, 4) is 16.9 Å². The molecular weight excluding hydrogens is 510 g/mol. The number of fused-ring (bicyclic) bond motifs is 3. The van der Waals surface area contributed by atoms with Crippen LogP contribution in [0, 0.1) is 6.92 Å². The van der Waals surface area contributed by atoms with Gasteiger partial charge in [-0.3, -0.25) is 14.5 Å². The molecule has 0 aromatic heterocycles. The van der Waals surface area contributed by atoms with E-state index < -0.39 is 0 Å². The summed E-state index contributed by atoms with van der Waals surface area (Å²) in [7, 11) is 0. The third kappa shape index (κ3) is 4.45. The van der Waals surface area contributed by atoms with Crippen LogP contribution in [0.3, 0.4) is 0 Å². The lowest BCUT2D eigenvalue weighted by atomic mass is 9.74. The summed E-state index contributed by atoms with van der Waals surface area (Å²) in [6, 6.07) is 18.6. The Balaban J connectivity index is 1.11. The molecule has 0 radical (unpaired) electrons. The third-order valence-corrected chi connectivity index (χ3v) is 9.64. The van der Waals surface area contributed by atoms with Crippen LogP contribution < -0.4 is 14.5 Å². The van der Waals surface area contributed by atoms with E-state index in [4.69, 9.17) is 4.74 Å². The Morgan fingerprint density at radius 3 is 2.51 bits per heavy atom. The number of anilines is 2. The molecule has 0 bridgehead atoms. The van der Waals surface area contributed by atoms with Gasteiger partial charge in [0, 0.05) is 54.0 Å². The molecule has 6 nitrogen and oxygen atoms in total. The SMILES string of the molecule is C=CCN1CCC2(CC1)COc1cc3c(cc12)N(C(=O)c1ccc(-c2ccc(N4CCCC4=O)cc2C)cc1)CC3. The Labute approximate surface area is 242 Å². The van der Waals surface area contributed by atoms with Crippen molar-refractivity contribution in [2.24, 2.45) is 0 Å². The Morgan fingerprint density at radius 1 is 1.00 bits per heavy atom. The van der Waals surface area contributed by atoms with Gasteiger partial charge in [0.05, 0.1) is 6.61 Å². The molecule has 1 spiro atoms. The van der Waals surface area contributed by atoms with E-state index in [0.29, 0.717) is 18.5 Å². The highest BCUT2D eigenvalue weighted by atomic mass is 16.5. The Bertz CT molecular complexity index is 1530. The maximum atomic E-state index is 13.8. The van der Waals surface area contributed by atoms with Gasteiger partial charge in [-0.2, -0.15) is 0 Å². The molecule has 3 aromatic rings. The predicted octanol–water partition coefficient (Wildman–Crippen LogP) is 5.90. The summed E-state index contributed by atoms with van der Waals surface area (Å²) in [5, 5.41) is 0. The number of carbonyl (C=O) groups is 2. The van der Waals surface area contributed by atoms with Gasteiger partial charge in [0.25, 0.3) is 5.91 Å². The first-order chi connectivity index (χ1) is 20.0. The van der Waals surface area contributed by atoms with Gasteiger partial charge in [0.15, 0.2) is 0 Å². The maximum absolute atomic E-state index is 13.8. The van der Waals surface area contributed by atoms with Crippen molar-refractivity contribution >= 4 is 23.2 Å². The van der Waals surface area contributed by atoms with E-state index in [9.17, 15) is 9.59 Å². The first-order valence-electron chi connectivity index (χ1n) is 14.9. The first kappa shape index (κ1) is 26.0. The van der Waals surface area contributed by atoms with Crippen LogP contribution in [0.5, 0.6) is 5.75 Å². The summed E-state index contributed by atoms with van der Waals surface area (Å²) in [6.07, 6.45) is 6.51. The van der Waals surface area contributed by atoms with Crippen molar-refractivity contribution < 1.29 is 14.3 Å². The zero-order valence-corrected chi connectivity index (χ0v) is 23.8. The second-order valence-corrected chi connectivity index (χ2v) is 12.1. The van der Waals surface area contributed by atoms with Crippen molar-refractivity contribution in [3.63, 3.8) is 0 Å². The molecule has 41 heavy (non-hydrogen) atoms. The molecule has 0 aliphatic carbocycles. The predicted molar refractivity (Wildman–Crippen MR) is 163 cm³/mol. The van der Waals surface area contributed by atoms with Gasteiger partial charge in [0.2, 0.25) is 5.91 Å². The molecule has 0 saturated carbocycles. The van der Waals surface area contributed by atoms with Crippen LogP contribution in [0.4, 0.5) is 11.4 Å². The number of carbonyl (C=O) groups excluding carboxylic acids is 2. The molecule has 4 heterocycles. The number of hydrogen-bond acceptors (Lipinski definition) is 4. The van der Waals surface area contributed by atoms with Gasteiger partial charge >= 0.3 is 0 Å². The lowest BCUT2D eigenvalue weighted by molar-refractivity contribution is -0.117. The van der Waals surface area contributed by atoms with E-state index in [1.165, 1.54) is 11.1 Å². The van der Waals surface area contributed by atoms with E-state index >= 15 is 0 Å². The van der Waals surface area contributed by atoms with E-state index in [2.05, 4.69) is 42.7 Å². The van der Waals surface area contributed by atoms with Crippen molar-refractivity contribution in [3.05, 3.63) is 89.5 Å². The van der Waals surface area contributed by atoms with Gasteiger partial charge < -0.3 is 14.5 Å². The Morgan fingerprint density at radius 2 is 1.80 bits per heavy atom. The largest absolute Gasteiger partial charge is 0.492 e. The van der Waals surface area contributed by atoms with Gasteiger partial charge in [-0.15, -0.1) is 6.58 Å². The molecule has 2 fully saturated rings. The normalized spacial score (nSPS) is 19.4. The quantitative estimate of drug-likeness (QED) is 0.373. The lowest BCUT2D eigenvalue weighted by Crippen LogP contribution is -2.43. The standard InChI is InChI=1S/C35H37N3O3/c1-3-15-36-18-13-35(14-19-36)23-41-32-21-27-12-17-38(31(27)22-30(32)35)34(40)26-8-6-25(7-9-26)29-11-10-28(20-24(29)2)37-16-4-5-33(37)39/h3,6-11,20-22H,1,4-5,12-19,23H2,2H3. The minimum Gasteiger partial charge on any atom is -0.492 e. The third-order valence-electron chi connectivity index (χ3n) is 9.64. The van der Waals surface area contributed by atoms with Gasteiger partial charge in [-0.1, -0.05) is 24.3 Å². The minimum absolute atomic E-state index is 0.0382. The molecule has 6 heteroatoms. The highest BCUT2D eigenvalue weighted by molar-refractivity contribution is 6.07. The van der Waals surface area contributed by atoms with E-state index in [1.54, 1.807) is 0 Å². The molecule has 0 unspecified atom stereocenters. The summed E-state index contributed by atoms with van der Waals surface area (Å²) in [5.41, 5.74) is 8.52. The second kappa shape index (κ2) is 10.2. The Kier molecular flexibility index (Phi) is 6.46. The average Bonchev–Trinajstić information content (AvgIpc) is 3.70. The fraction of sp³-hybridized carbons (Fsp3) is 0.371. The van der Waals surface area contributed by atoms with Crippen molar-refractivity contribution in [1.82, 2.24) is 4.90 Å². The van der Waals surface area contributed by atoms with Crippen LogP contribution in [0.15, 0.2) is 67.3 Å². The van der Waals surface area contributed by atoms with Crippen molar-refractivity contribution in [1.29, 1.82) is 0 Å². The topological polar surface area (TPSA) is 53.1 Å². The maximum Gasteiger partial charge on any atom is 0.258 e.